The van der Waals surface area contributed by atoms with Crippen LogP contribution in [0.15, 0.2) is 89.3 Å². The van der Waals surface area contributed by atoms with Crippen LogP contribution in [0.25, 0.3) is 22.0 Å². The van der Waals surface area contributed by atoms with E-state index in [1.54, 1.807) is 12.4 Å². The van der Waals surface area contributed by atoms with Crippen molar-refractivity contribution in [2.45, 2.75) is 16.6 Å². The summed E-state index contributed by atoms with van der Waals surface area (Å²) >= 11 is 8.15. The Kier molecular flexibility index (Phi) is 7.95. The van der Waals surface area contributed by atoms with E-state index in [1.807, 2.05) is 42.1 Å². The van der Waals surface area contributed by atoms with Crippen molar-refractivity contribution in [3.05, 3.63) is 95.4 Å². The van der Waals surface area contributed by atoms with Crippen molar-refractivity contribution in [1.29, 1.82) is 5.26 Å². The predicted octanol–water partition coefficient (Wildman–Crippen LogP) is 6.80. The number of piperazine rings is 1. The lowest BCUT2D eigenvalue weighted by Crippen LogP contribution is -2.43. The van der Waals surface area contributed by atoms with Gasteiger partial charge in [0.05, 0.1) is 21.8 Å². The molecule has 7 nitrogen and oxygen atoms in total. The van der Waals surface area contributed by atoms with E-state index in [1.165, 1.54) is 17.3 Å². The maximum absolute atomic E-state index is 9.86. The predicted molar refractivity (Wildman–Crippen MR) is 167 cm³/mol. The number of anilines is 2. The molecule has 0 radical (unpaired) electrons. The number of hydrogen-bond acceptors (Lipinski definition) is 7. The molecule has 1 fully saturated rings. The van der Waals surface area contributed by atoms with Crippen molar-refractivity contribution in [2.24, 2.45) is 7.05 Å². The third kappa shape index (κ3) is 6.09. The molecule has 41 heavy (non-hydrogen) atoms. The van der Waals surface area contributed by atoms with Crippen molar-refractivity contribution in [2.75, 3.05) is 38.5 Å². The monoisotopic (exact) mass is 579 g/mol. The molecule has 5 aromatic rings. The Morgan fingerprint density at radius 3 is 2.56 bits per heavy atom. The number of pyridine rings is 1. The SMILES string of the molecule is CN1CCN(Cc2cccc(-c3ccc4c(Nc5ccc(Sc6nccn6C)c(Cl)c5)c(C#N)cnc4c3)c2)CC1. The van der Waals surface area contributed by atoms with Gasteiger partial charge in [0.15, 0.2) is 5.16 Å². The number of nitrogens with zero attached hydrogens (tertiary/aromatic N) is 6. The van der Waals surface area contributed by atoms with Gasteiger partial charge >= 0.3 is 0 Å². The van der Waals surface area contributed by atoms with Gasteiger partial charge in [-0.3, -0.25) is 9.88 Å². The highest BCUT2D eigenvalue weighted by Crippen LogP contribution is 2.36. The van der Waals surface area contributed by atoms with Crippen LogP contribution in [0.1, 0.15) is 11.1 Å². The molecule has 0 spiro atoms. The second-order valence-corrected chi connectivity index (χ2v) is 11.8. The van der Waals surface area contributed by atoms with E-state index in [-0.39, 0.29) is 0 Å². The molecule has 0 saturated carbocycles. The molecule has 9 heteroatoms. The van der Waals surface area contributed by atoms with E-state index in [2.05, 4.69) is 74.6 Å². The molecule has 1 aliphatic rings. The fraction of sp³-hybridized carbons (Fsp3) is 0.219. The van der Waals surface area contributed by atoms with Gasteiger partial charge < -0.3 is 14.8 Å². The van der Waals surface area contributed by atoms with E-state index in [0.29, 0.717) is 16.3 Å². The molecule has 1 saturated heterocycles. The maximum Gasteiger partial charge on any atom is 0.172 e. The van der Waals surface area contributed by atoms with Crippen LogP contribution in [-0.2, 0) is 13.6 Å². The summed E-state index contributed by atoms with van der Waals surface area (Å²) in [4.78, 5) is 14.8. The molecule has 2 aromatic heterocycles. The van der Waals surface area contributed by atoms with Crippen LogP contribution in [-0.4, -0.2) is 57.6 Å². The summed E-state index contributed by atoms with van der Waals surface area (Å²) in [5.41, 5.74) is 6.37. The number of rotatable bonds is 7. The van der Waals surface area contributed by atoms with Gasteiger partial charge in [-0.25, -0.2) is 4.98 Å². The molecule has 3 heterocycles. The quantitative estimate of drug-likeness (QED) is 0.227. The molecule has 6 rings (SSSR count). The molecular formula is C32H30ClN7S. The average molecular weight is 580 g/mol. The van der Waals surface area contributed by atoms with Crippen molar-refractivity contribution in [3.8, 4) is 17.2 Å². The Morgan fingerprint density at radius 1 is 0.976 bits per heavy atom. The molecule has 1 aliphatic heterocycles. The zero-order chi connectivity index (χ0) is 28.3. The summed E-state index contributed by atoms with van der Waals surface area (Å²) < 4.78 is 1.95. The molecular weight excluding hydrogens is 550 g/mol. The van der Waals surface area contributed by atoms with Gasteiger partial charge in [0.1, 0.15) is 6.07 Å². The molecule has 0 amide bonds. The van der Waals surface area contributed by atoms with Gasteiger partial charge in [-0.15, -0.1) is 0 Å². The van der Waals surface area contributed by atoms with Gasteiger partial charge in [0.2, 0.25) is 0 Å². The zero-order valence-corrected chi connectivity index (χ0v) is 24.6. The van der Waals surface area contributed by atoms with Crippen LogP contribution in [0.5, 0.6) is 0 Å². The number of fused-ring (bicyclic) bond motifs is 1. The van der Waals surface area contributed by atoms with Crippen LogP contribution in [0.4, 0.5) is 11.4 Å². The first-order valence-electron chi connectivity index (χ1n) is 13.5. The molecule has 0 atom stereocenters. The molecule has 3 aromatic carbocycles. The molecule has 0 unspecified atom stereocenters. The van der Waals surface area contributed by atoms with Gasteiger partial charge in [0, 0.05) is 74.3 Å². The number of aromatic nitrogens is 3. The largest absolute Gasteiger partial charge is 0.354 e. The number of nitriles is 1. The summed E-state index contributed by atoms with van der Waals surface area (Å²) in [5, 5.41) is 15.6. The molecule has 206 valence electrons. The van der Waals surface area contributed by atoms with Crippen molar-refractivity contribution >= 4 is 45.6 Å². The van der Waals surface area contributed by atoms with Crippen LogP contribution in [0.2, 0.25) is 5.02 Å². The number of hydrogen-bond donors (Lipinski definition) is 1. The van der Waals surface area contributed by atoms with Crippen LogP contribution in [0.3, 0.4) is 0 Å². The lowest BCUT2D eigenvalue weighted by Gasteiger charge is -2.32. The van der Waals surface area contributed by atoms with Crippen LogP contribution >= 0.6 is 23.4 Å². The summed E-state index contributed by atoms with van der Waals surface area (Å²) in [6, 6.07) is 23.1. The molecule has 1 N–H and O–H groups in total. The number of halogens is 1. The van der Waals surface area contributed by atoms with E-state index in [0.717, 1.165) is 70.5 Å². The Balaban J connectivity index is 1.26. The normalized spacial score (nSPS) is 14.3. The maximum atomic E-state index is 9.86. The van der Waals surface area contributed by atoms with Gasteiger partial charge in [-0.1, -0.05) is 53.7 Å². The third-order valence-electron chi connectivity index (χ3n) is 7.43. The van der Waals surface area contributed by atoms with Crippen molar-refractivity contribution in [1.82, 2.24) is 24.3 Å². The Labute approximate surface area is 249 Å². The van der Waals surface area contributed by atoms with Gasteiger partial charge in [0.25, 0.3) is 0 Å². The fourth-order valence-corrected chi connectivity index (χ4v) is 6.16. The number of likely N-dealkylation sites (N-methyl/N-ethyl adjacent to an activating group) is 1. The Bertz CT molecular complexity index is 1750. The minimum atomic E-state index is 0.474. The molecule has 0 bridgehead atoms. The standard InChI is InChI=1S/C32H30ClN7S/c1-38-12-14-40(15-13-38)21-22-4-3-5-23(16-22)24-6-8-27-29(17-24)36-20-25(19-34)31(27)37-26-7-9-30(28(33)18-26)41-32-35-10-11-39(32)2/h3-11,16-18,20H,12-15,21H2,1-2H3,(H,36,37). The first-order valence-corrected chi connectivity index (χ1v) is 14.7. The van der Waals surface area contributed by atoms with Crippen LogP contribution < -0.4 is 5.32 Å². The number of aryl methyl sites for hydroxylation is 1. The van der Waals surface area contributed by atoms with E-state index in [4.69, 9.17) is 11.6 Å². The highest BCUT2D eigenvalue weighted by Gasteiger charge is 2.15. The van der Waals surface area contributed by atoms with E-state index < -0.39 is 0 Å². The first kappa shape index (κ1) is 27.3. The van der Waals surface area contributed by atoms with Crippen molar-refractivity contribution in [3.63, 3.8) is 0 Å². The summed E-state index contributed by atoms with van der Waals surface area (Å²) in [6.07, 6.45) is 5.30. The highest BCUT2D eigenvalue weighted by molar-refractivity contribution is 7.99. The molecule has 0 aliphatic carbocycles. The summed E-state index contributed by atoms with van der Waals surface area (Å²) in [6.45, 7) is 5.35. The van der Waals surface area contributed by atoms with Gasteiger partial charge in [-0.05, 0) is 54.1 Å². The third-order valence-corrected chi connectivity index (χ3v) is 9.01. The minimum Gasteiger partial charge on any atom is -0.354 e. The smallest absolute Gasteiger partial charge is 0.172 e. The number of nitrogens with one attached hydrogen (secondary N) is 1. The first-order chi connectivity index (χ1) is 20.0. The zero-order valence-electron chi connectivity index (χ0n) is 23.0. The summed E-state index contributed by atoms with van der Waals surface area (Å²) in [5.74, 6) is 0. The second-order valence-electron chi connectivity index (χ2n) is 10.4. The number of benzene rings is 3. The van der Waals surface area contributed by atoms with E-state index in [9.17, 15) is 5.26 Å². The summed E-state index contributed by atoms with van der Waals surface area (Å²) in [7, 11) is 4.13. The average Bonchev–Trinajstić information content (AvgIpc) is 3.39. The minimum absolute atomic E-state index is 0.474. The van der Waals surface area contributed by atoms with E-state index >= 15 is 0 Å². The number of imidazole rings is 1. The highest BCUT2D eigenvalue weighted by atomic mass is 35.5. The van der Waals surface area contributed by atoms with Gasteiger partial charge in [-0.2, -0.15) is 5.26 Å². The Hall–Kier alpha value is -3.87. The van der Waals surface area contributed by atoms with Crippen molar-refractivity contribution < 1.29 is 0 Å². The lowest BCUT2D eigenvalue weighted by atomic mass is 10.00. The van der Waals surface area contributed by atoms with Crippen LogP contribution in [0, 0.1) is 11.3 Å². The second kappa shape index (κ2) is 11.9. The lowest BCUT2D eigenvalue weighted by molar-refractivity contribution is 0.148. The Morgan fingerprint density at radius 2 is 1.80 bits per heavy atom. The fourth-order valence-electron chi connectivity index (χ4n) is 5.06. The topological polar surface area (TPSA) is 73.0 Å².